The van der Waals surface area contributed by atoms with Gasteiger partial charge in [-0.05, 0) is 18.6 Å². The van der Waals surface area contributed by atoms with Crippen molar-refractivity contribution < 1.29 is 14.4 Å². The van der Waals surface area contributed by atoms with Crippen molar-refractivity contribution in [1.82, 2.24) is 9.72 Å². The van der Waals surface area contributed by atoms with Crippen LogP contribution in [0.15, 0.2) is 35.0 Å². The summed E-state index contributed by atoms with van der Waals surface area (Å²) in [5, 5.41) is 13.8. The predicted molar refractivity (Wildman–Crippen MR) is 70.1 cm³/mol. The molecule has 0 bridgehead atoms. The van der Waals surface area contributed by atoms with Crippen molar-refractivity contribution in [2.24, 2.45) is 7.05 Å². The van der Waals surface area contributed by atoms with E-state index in [9.17, 15) is 4.79 Å². The molecule has 3 rings (SSSR count). The molecule has 19 heavy (non-hydrogen) atoms. The Morgan fingerprint density at radius 1 is 1.42 bits per heavy atom. The van der Waals surface area contributed by atoms with E-state index < -0.39 is 5.97 Å². The number of carbonyl (C=O) groups is 1. The summed E-state index contributed by atoms with van der Waals surface area (Å²) < 4.78 is 6.81. The third-order valence-electron chi connectivity index (χ3n) is 3.22. The Balaban J connectivity index is 2.27. The van der Waals surface area contributed by atoms with E-state index in [2.05, 4.69) is 5.16 Å². The highest BCUT2D eigenvalue weighted by atomic mass is 16.5. The van der Waals surface area contributed by atoms with Gasteiger partial charge in [0.15, 0.2) is 0 Å². The van der Waals surface area contributed by atoms with Crippen molar-refractivity contribution in [3.05, 3.63) is 41.8 Å². The number of rotatable bonds is 2. The zero-order chi connectivity index (χ0) is 13.6. The summed E-state index contributed by atoms with van der Waals surface area (Å²) in [4.78, 5) is 10.8. The molecule has 3 aromatic rings. The minimum atomic E-state index is -1.12. The molecular formula is C14H12N2O3. The van der Waals surface area contributed by atoms with Gasteiger partial charge >= 0.3 is 5.97 Å². The second-order valence-corrected chi connectivity index (χ2v) is 4.50. The Bertz CT molecular complexity index is 783. The van der Waals surface area contributed by atoms with Gasteiger partial charge < -0.3 is 14.2 Å². The summed E-state index contributed by atoms with van der Waals surface area (Å²) in [5.74, 6) is -1.27. The van der Waals surface area contributed by atoms with Crippen molar-refractivity contribution in [3.63, 3.8) is 0 Å². The van der Waals surface area contributed by atoms with E-state index in [0.717, 1.165) is 22.0 Å². The zero-order valence-corrected chi connectivity index (χ0v) is 10.5. The summed E-state index contributed by atoms with van der Waals surface area (Å²) in [6.07, 6.45) is 1.93. The smallest absolute Gasteiger partial charge is 0.374 e. The van der Waals surface area contributed by atoms with Gasteiger partial charge in [0.25, 0.3) is 0 Å². The number of aromatic nitrogens is 2. The molecule has 1 N–H and O–H groups in total. The first-order valence-corrected chi connectivity index (χ1v) is 5.83. The van der Waals surface area contributed by atoms with Gasteiger partial charge in [-0.1, -0.05) is 17.3 Å². The maximum absolute atomic E-state index is 10.8. The van der Waals surface area contributed by atoms with Crippen LogP contribution < -0.4 is 0 Å². The Morgan fingerprint density at radius 3 is 2.89 bits per heavy atom. The van der Waals surface area contributed by atoms with Gasteiger partial charge in [-0.2, -0.15) is 0 Å². The van der Waals surface area contributed by atoms with Crippen molar-refractivity contribution >= 4 is 16.9 Å². The number of carboxylic acids is 1. The van der Waals surface area contributed by atoms with Gasteiger partial charge in [-0.15, -0.1) is 0 Å². The molecule has 0 unspecified atom stereocenters. The molecule has 0 spiro atoms. The Labute approximate surface area is 109 Å². The largest absolute Gasteiger partial charge is 0.475 e. The normalized spacial score (nSPS) is 11.1. The Hall–Kier alpha value is -2.56. The van der Waals surface area contributed by atoms with Crippen LogP contribution in [0.5, 0.6) is 0 Å². The second kappa shape index (κ2) is 3.98. The van der Waals surface area contributed by atoms with Crippen molar-refractivity contribution in [1.29, 1.82) is 0 Å². The van der Waals surface area contributed by atoms with Gasteiger partial charge in [-0.25, -0.2) is 4.79 Å². The summed E-state index contributed by atoms with van der Waals surface area (Å²) in [5.41, 5.74) is 3.62. The molecule has 1 aromatic carbocycles. The van der Waals surface area contributed by atoms with Crippen LogP contribution in [0.25, 0.3) is 22.2 Å². The van der Waals surface area contributed by atoms with Crippen LogP contribution >= 0.6 is 0 Å². The zero-order valence-electron chi connectivity index (χ0n) is 10.5. The molecule has 5 nitrogen and oxygen atoms in total. The van der Waals surface area contributed by atoms with Crippen molar-refractivity contribution in [3.8, 4) is 11.3 Å². The topological polar surface area (TPSA) is 68.3 Å². The van der Waals surface area contributed by atoms with Crippen LogP contribution in [0.1, 0.15) is 16.1 Å². The van der Waals surface area contributed by atoms with Crippen LogP contribution in [0.4, 0.5) is 0 Å². The highest BCUT2D eigenvalue weighted by Gasteiger charge is 2.17. The van der Waals surface area contributed by atoms with Gasteiger partial charge in [-0.3, -0.25) is 0 Å². The standard InChI is InChI=1S/C14H12N2O3/c1-8-4-3-5-11-13(8)9(7-16(11)2)10-6-12(14(17)18)19-15-10/h3-7H,1-2H3,(H,17,18). The molecule has 0 fully saturated rings. The number of hydrogen-bond donors (Lipinski definition) is 1. The van der Waals surface area contributed by atoms with E-state index in [1.807, 2.05) is 42.9 Å². The van der Waals surface area contributed by atoms with Gasteiger partial charge in [0.2, 0.25) is 5.76 Å². The molecule has 2 heterocycles. The molecule has 2 aromatic heterocycles. The van der Waals surface area contributed by atoms with Gasteiger partial charge in [0.1, 0.15) is 5.69 Å². The molecule has 96 valence electrons. The van der Waals surface area contributed by atoms with Gasteiger partial charge in [0, 0.05) is 35.8 Å². The third kappa shape index (κ3) is 1.71. The SMILES string of the molecule is Cc1cccc2c1c(-c1cc(C(=O)O)on1)cn2C. The fraction of sp³-hybridized carbons (Fsp3) is 0.143. The summed E-state index contributed by atoms with van der Waals surface area (Å²) in [7, 11) is 1.95. The van der Waals surface area contributed by atoms with Crippen LogP contribution in [-0.4, -0.2) is 20.8 Å². The number of aromatic carboxylic acids is 1. The minimum Gasteiger partial charge on any atom is -0.475 e. The average Bonchev–Trinajstić information content (AvgIpc) is 2.95. The Morgan fingerprint density at radius 2 is 2.21 bits per heavy atom. The van der Waals surface area contributed by atoms with E-state index in [4.69, 9.17) is 9.63 Å². The monoisotopic (exact) mass is 256 g/mol. The molecule has 0 atom stereocenters. The van der Waals surface area contributed by atoms with E-state index in [-0.39, 0.29) is 5.76 Å². The van der Waals surface area contributed by atoms with E-state index in [0.29, 0.717) is 5.69 Å². The van der Waals surface area contributed by atoms with E-state index >= 15 is 0 Å². The fourth-order valence-corrected chi connectivity index (χ4v) is 2.32. The van der Waals surface area contributed by atoms with Crippen LogP contribution in [0.3, 0.4) is 0 Å². The number of benzene rings is 1. The summed E-state index contributed by atoms with van der Waals surface area (Å²) in [6.45, 7) is 2.02. The Kier molecular flexibility index (Phi) is 2.41. The van der Waals surface area contributed by atoms with Crippen molar-refractivity contribution in [2.75, 3.05) is 0 Å². The van der Waals surface area contributed by atoms with E-state index in [1.54, 1.807) is 0 Å². The first-order chi connectivity index (χ1) is 9.08. The molecule has 0 aliphatic carbocycles. The first-order valence-electron chi connectivity index (χ1n) is 5.83. The van der Waals surface area contributed by atoms with Crippen LogP contribution in [0.2, 0.25) is 0 Å². The lowest BCUT2D eigenvalue weighted by atomic mass is 10.1. The summed E-state index contributed by atoms with van der Waals surface area (Å²) in [6, 6.07) is 7.48. The number of fused-ring (bicyclic) bond motifs is 1. The summed E-state index contributed by atoms with van der Waals surface area (Å²) >= 11 is 0. The van der Waals surface area contributed by atoms with Crippen LogP contribution in [0, 0.1) is 6.92 Å². The lowest BCUT2D eigenvalue weighted by molar-refractivity contribution is 0.0652. The average molecular weight is 256 g/mol. The van der Waals surface area contributed by atoms with Crippen LogP contribution in [-0.2, 0) is 7.05 Å². The lowest BCUT2D eigenvalue weighted by Crippen LogP contribution is -1.91. The second-order valence-electron chi connectivity index (χ2n) is 4.50. The molecule has 0 amide bonds. The quantitative estimate of drug-likeness (QED) is 0.765. The highest BCUT2D eigenvalue weighted by molar-refractivity contribution is 5.98. The highest BCUT2D eigenvalue weighted by Crippen LogP contribution is 2.32. The molecule has 5 heteroatoms. The molecule has 0 radical (unpaired) electrons. The minimum absolute atomic E-state index is 0.152. The number of nitrogens with zero attached hydrogens (tertiary/aromatic N) is 2. The maximum Gasteiger partial charge on any atom is 0.374 e. The number of hydrogen-bond acceptors (Lipinski definition) is 3. The number of aryl methyl sites for hydroxylation is 2. The van der Waals surface area contributed by atoms with Gasteiger partial charge in [0.05, 0.1) is 0 Å². The maximum atomic E-state index is 10.8. The molecule has 0 saturated heterocycles. The first kappa shape index (κ1) is 11.5. The predicted octanol–water partition coefficient (Wildman–Crippen LogP) is 2.84. The molecule has 0 aliphatic heterocycles. The third-order valence-corrected chi connectivity index (χ3v) is 3.22. The molecule has 0 saturated carbocycles. The lowest BCUT2D eigenvalue weighted by Gasteiger charge is -1.99. The molecule has 0 aliphatic rings. The fourth-order valence-electron chi connectivity index (χ4n) is 2.32. The number of carboxylic acid groups (broad SMARTS) is 1. The van der Waals surface area contributed by atoms with Crippen molar-refractivity contribution in [2.45, 2.75) is 6.92 Å². The molecular weight excluding hydrogens is 244 g/mol. The van der Waals surface area contributed by atoms with E-state index in [1.165, 1.54) is 6.07 Å².